The number of hydrogen-bond acceptors (Lipinski definition) is 5. The topological polar surface area (TPSA) is 88.3 Å². The highest BCUT2D eigenvalue weighted by Crippen LogP contribution is 2.29. The molecule has 1 aromatic carbocycles. The Morgan fingerprint density at radius 1 is 1.45 bits per heavy atom. The van der Waals surface area contributed by atoms with E-state index in [1.54, 1.807) is 18.3 Å². The van der Waals surface area contributed by atoms with Gasteiger partial charge >= 0.3 is 0 Å². The minimum Gasteiger partial charge on any atom is -0.396 e. The second kappa shape index (κ2) is 6.29. The van der Waals surface area contributed by atoms with Gasteiger partial charge in [-0.25, -0.2) is 4.98 Å². The maximum absolute atomic E-state index is 11.0. The molecule has 0 spiro atoms. The smallest absolute Gasteiger partial charge is 0.295 e. The average molecular weight is 275 g/mol. The Balaban J connectivity index is 2.31. The molecule has 106 valence electrons. The van der Waals surface area contributed by atoms with Crippen LogP contribution in [0.3, 0.4) is 0 Å². The van der Waals surface area contributed by atoms with Crippen LogP contribution in [-0.4, -0.2) is 28.2 Å². The Bertz CT molecular complexity index is 616. The van der Waals surface area contributed by atoms with Crippen molar-refractivity contribution in [3.8, 4) is 0 Å². The van der Waals surface area contributed by atoms with Crippen LogP contribution in [0.2, 0.25) is 0 Å². The molecule has 1 aromatic heterocycles. The lowest BCUT2D eigenvalue weighted by atomic mass is 10.1. The molecule has 6 heteroatoms. The molecule has 0 aliphatic carbocycles. The number of fused-ring (bicyclic) bond motifs is 1. The first-order valence-corrected chi connectivity index (χ1v) is 6.50. The summed E-state index contributed by atoms with van der Waals surface area (Å²) in [6.45, 7) is 2.89. The summed E-state index contributed by atoms with van der Waals surface area (Å²) in [6.07, 6.45) is 2.27. The van der Waals surface area contributed by atoms with Crippen molar-refractivity contribution in [2.75, 3.05) is 18.5 Å². The van der Waals surface area contributed by atoms with Crippen molar-refractivity contribution in [3.63, 3.8) is 0 Å². The molecule has 0 aliphatic heterocycles. The summed E-state index contributed by atoms with van der Waals surface area (Å²) in [6, 6.07) is 6.74. The molecule has 2 aromatic rings. The number of non-ortho nitro benzene ring substituents is 1. The number of nitro benzene ring substituents is 1. The van der Waals surface area contributed by atoms with E-state index in [-0.39, 0.29) is 12.3 Å². The van der Waals surface area contributed by atoms with Gasteiger partial charge in [0, 0.05) is 36.5 Å². The van der Waals surface area contributed by atoms with Crippen LogP contribution in [0.5, 0.6) is 0 Å². The number of aromatic nitrogens is 1. The maximum Gasteiger partial charge on any atom is 0.295 e. The van der Waals surface area contributed by atoms with Crippen molar-refractivity contribution in [3.05, 3.63) is 40.6 Å². The van der Waals surface area contributed by atoms with E-state index < -0.39 is 4.92 Å². The molecule has 0 bridgehead atoms. The first-order valence-electron chi connectivity index (χ1n) is 6.50. The van der Waals surface area contributed by atoms with E-state index in [0.717, 1.165) is 17.5 Å². The fraction of sp³-hybridized carbons (Fsp3) is 0.357. The summed E-state index contributed by atoms with van der Waals surface area (Å²) < 4.78 is 0. The van der Waals surface area contributed by atoms with Crippen molar-refractivity contribution < 1.29 is 10.0 Å². The van der Waals surface area contributed by atoms with E-state index in [2.05, 4.69) is 10.3 Å². The number of nitrogens with one attached hydrogen (secondary N) is 1. The predicted molar refractivity (Wildman–Crippen MR) is 77.8 cm³/mol. The number of hydrogen-bond donors (Lipinski definition) is 2. The van der Waals surface area contributed by atoms with Crippen molar-refractivity contribution in [2.45, 2.75) is 13.3 Å². The van der Waals surface area contributed by atoms with Gasteiger partial charge in [-0.15, -0.1) is 0 Å². The number of anilines is 1. The van der Waals surface area contributed by atoms with Gasteiger partial charge in [0.15, 0.2) is 0 Å². The average Bonchev–Trinajstić information content (AvgIpc) is 2.44. The van der Waals surface area contributed by atoms with Gasteiger partial charge in [0.25, 0.3) is 5.69 Å². The molecule has 0 fully saturated rings. The van der Waals surface area contributed by atoms with Crippen LogP contribution < -0.4 is 5.32 Å². The third-order valence-electron chi connectivity index (χ3n) is 3.21. The van der Waals surface area contributed by atoms with Crippen LogP contribution >= 0.6 is 0 Å². The Labute approximate surface area is 116 Å². The van der Waals surface area contributed by atoms with Crippen molar-refractivity contribution in [1.82, 2.24) is 4.98 Å². The first-order chi connectivity index (χ1) is 9.63. The zero-order chi connectivity index (χ0) is 14.5. The van der Waals surface area contributed by atoms with Gasteiger partial charge in [0.1, 0.15) is 5.52 Å². The molecular weight excluding hydrogens is 258 g/mol. The van der Waals surface area contributed by atoms with Gasteiger partial charge in [-0.3, -0.25) is 10.1 Å². The standard InChI is InChI=1S/C14H17N3O3/c1-10(6-8-18)9-16-12-4-5-13(17(19)20)14-11(12)3-2-7-15-14/h2-5,7,10,16,18H,6,8-9H2,1H3. The van der Waals surface area contributed by atoms with E-state index in [9.17, 15) is 10.1 Å². The molecule has 0 saturated carbocycles. The van der Waals surface area contributed by atoms with E-state index in [4.69, 9.17) is 5.11 Å². The van der Waals surface area contributed by atoms with Crippen LogP contribution in [0.4, 0.5) is 11.4 Å². The molecule has 1 atom stereocenters. The molecule has 0 aliphatic rings. The van der Waals surface area contributed by atoms with Gasteiger partial charge in [-0.05, 0) is 30.5 Å². The van der Waals surface area contributed by atoms with Crippen LogP contribution in [0.25, 0.3) is 10.9 Å². The van der Waals surface area contributed by atoms with Crippen LogP contribution in [0, 0.1) is 16.0 Å². The number of aliphatic hydroxyl groups is 1. The molecule has 0 saturated heterocycles. The lowest BCUT2D eigenvalue weighted by molar-refractivity contribution is -0.383. The van der Waals surface area contributed by atoms with E-state index in [1.807, 2.05) is 13.0 Å². The molecular formula is C14H17N3O3. The van der Waals surface area contributed by atoms with E-state index in [1.165, 1.54) is 6.07 Å². The zero-order valence-corrected chi connectivity index (χ0v) is 11.2. The van der Waals surface area contributed by atoms with Gasteiger partial charge in [0.2, 0.25) is 0 Å². The summed E-state index contributed by atoms with van der Waals surface area (Å²) in [5, 5.41) is 23.9. The molecule has 2 N–H and O–H groups in total. The van der Waals surface area contributed by atoms with Gasteiger partial charge < -0.3 is 10.4 Å². The Kier molecular flexibility index (Phi) is 4.47. The molecule has 20 heavy (non-hydrogen) atoms. The van der Waals surface area contributed by atoms with E-state index >= 15 is 0 Å². The largest absolute Gasteiger partial charge is 0.396 e. The third kappa shape index (κ3) is 3.03. The predicted octanol–water partition coefficient (Wildman–Crippen LogP) is 2.57. The van der Waals surface area contributed by atoms with Crippen molar-refractivity contribution in [1.29, 1.82) is 0 Å². The molecule has 1 heterocycles. The second-order valence-corrected chi connectivity index (χ2v) is 4.79. The van der Waals surface area contributed by atoms with Crippen LogP contribution in [0.15, 0.2) is 30.5 Å². The third-order valence-corrected chi connectivity index (χ3v) is 3.21. The van der Waals surface area contributed by atoms with Crippen molar-refractivity contribution >= 4 is 22.3 Å². The number of nitrogens with zero attached hydrogens (tertiary/aromatic N) is 2. The highest BCUT2D eigenvalue weighted by molar-refractivity contribution is 5.96. The molecule has 0 amide bonds. The SMILES string of the molecule is CC(CCO)CNc1ccc([N+](=O)[O-])c2ncccc12. The second-order valence-electron chi connectivity index (χ2n) is 4.79. The lowest BCUT2D eigenvalue weighted by Gasteiger charge is -2.13. The van der Waals surface area contributed by atoms with E-state index in [0.29, 0.717) is 18.0 Å². The first kappa shape index (κ1) is 14.2. The summed E-state index contributed by atoms with van der Waals surface area (Å²) in [5.74, 6) is 0.321. The molecule has 1 unspecified atom stereocenters. The Hall–Kier alpha value is -2.21. The number of pyridine rings is 1. The van der Waals surface area contributed by atoms with Gasteiger partial charge in [-0.2, -0.15) is 0 Å². The normalized spacial score (nSPS) is 12.3. The zero-order valence-electron chi connectivity index (χ0n) is 11.2. The fourth-order valence-corrected chi connectivity index (χ4v) is 2.07. The Morgan fingerprint density at radius 2 is 2.25 bits per heavy atom. The lowest BCUT2D eigenvalue weighted by Crippen LogP contribution is -2.12. The van der Waals surface area contributed by atoms with Crippen LogP contribution in [0.1, 0.15) is 13.3 Å². The summed E-state index contributed by atoms with van der Waals surface area (Å²) >= 11 is 0. The molecule has 6 nitrogen and oxygen atoms in total. The molecule has 2 rings (SSSR count). The summed E-state index contributed by atoms with van der Waals surface area (Å²) in [5.41, 5.74) is 1.22. The summed E-state index contributed by atoms with van der Waals surface area (Å²) in [4.78, 5) is 14.7. The number of rotatable bonds is 6. The Morgan fingerprint density at radius 3 is 2.95 bits per heavy atom. The maximum atomic E-state index is 11.0. The number of aliphatic hydroxyl groups excluding tert-OH is 1. The quantitative estimate of drug-likeness (QED) is 0.625. The molecule has 0 radical (unpaired) electrons. The number of benzene rings is 1. The summed E-state index contributed by atoms with van der Waals surface area (Å²) in [7, 11) is 0. The minimum absolute atomic E-state index is 0.00885. The fourth-order valence-electron chi connectivity index (χ4n) is 2.07. The van der Waals surface area contributed by atoms with Gasteiger partial charge in [-0.1, -0.05) is 6.92 Å². The monoisotopic (exact) mass is 275 g/mol. The van der Waals surface area contributed by atoms with Crippen LogP contribution in [-0.2, 0) is 0 Å². The van der Waals surface area contributed by atoms with Crippen molar-refractivity contribution in [2.24, 2.45) is 5.92 Å². The minimum atomic E-state index is -0.423. The van der Waals surface area contributed by atoms with Gasteiger partial charge in [0.05, 0.1) is 4.92 Å². The highest BCUT2D eigenvalue weighted by atomic mass is 16.6. The highest BCUT2D eigenvalue weighted by Gasteiger charge is 2.15. The number of nitro groups is 1.